The van der Waals surface area contributed by atoms with Gasteiger partial charge in [-0.15, -0.1) is 0 Å². The third-order valence-electron chi connectivity index (χ3n) is 3.34. The SMILES string of the molecule is CCCCN(/C=C(/C#N)C(=O)NCCCCCC(=O)O)CCC. The first-order chi connectivity index (χ1) is 11.0. The lowest BCUT2D eigenvalue weighted by molar-refractivity contribution is -0.137. The van der Waals surface area contributed by atoms with E-state index in [4.69, 9.17) is 10.4 Å². The van der Waals surface area contributed by atoms with Crippen LogP contribution in [0.1, 0.15) is 58.8 Å². The van der Waals surface area contributed by atoms with Gasteiger partial charge >= 0.3 is 5.97 Å². The van der Waals surface area contributed by atoms with Crippen molar-refractivity contribution >= 4 is 11.9 Å². The van der Waals surface area contributed by atoms with Crippen molar-refractivity contribution in [3.05, 3.63) is 11.8 Å². The summed E-state index contributed by atoms with van der Waals surface area (Å²) in [6, 6.07) is 1.96. The summed E-state index contributed by atoms with van der Waals surface area (Å²) in [7, 11) is 0. The molecule has 6 heteroatoms. The van der Waals surface area contributed by atoms with Crippen molar-refractivity contribution in [3.63, 3.8) is 0 Å². The molecule has 0 spiro atoms. The summed E-state index contributed by atoms with van der Waals surface area (Å²) in [6.07, 6.45) is 6.93. The molecule has 0 radical (unpaired) electrons. The van der Waals surface area contributed by atoms with Crippen LogP contribution in [0.15, 0.2) is 11.8 Å². The van der Waals surface area contributed by atoms with Gasteiger partial charge < -0.3 is 15.3 Å². The normalized spacial score (nSPS) is 10.9. The predicted molar refractivity (Wildman–Crippen MR) is 89.6 cm³/mol. The zero-order valence-corrected chi connectivity index (χ0v) is 14.3. The highest BCUT2D eigenvalue weighted by atomic mass is 16.4. The monoisotopic (exact) mass is 323 g/mol. The Labute approximate surface area is 139 Å². The van der Waals surface area contributed by atoms with E-state index in [1.54, 1.807) is 6.20 Å². The Balaban J connectivity index is 4.29. The summed E-state index contributed by atoms with van der Waals surface area (Å²) in [6.45, 7) is 6.30. The first-order valence-electron chi connectivity index (χ1n) is 8.41. The van der Waals surface area contributed by atoms with Crippen LogP contribution in [0.2, 0.25) is 0 Å². The van der Waals surface area contributed by atoms with Crippen LogP contribution in [0.25, 0.3) is 0 Å². The number of carbonyl (C=O) groups is 2. The Morgan fingerprint density at radius 3 is 2.43 bits per heavy atom. The van der Waals surface area contributed by atoms with E-state index in [-0.39, 0.29) is 17.9 Å². The van der Waals surface area contributed by atoms with Gasteiger partial charge in [0.1, 0.15) is 11.6 Å². The molecule has 0 aromatic rings. The molecule has 0 aliphatic heterocycles. The molecular weight excluding hydrogens is 294 g/mol. The number of aliphatic carboxylic acids is 1. The van der Waals surface area contributed by atoms with Gasteiger partial charge in [-0.3, -0.25) is 9.59 Å². The van der Waals surface area contributed by atoms with Crippen LogP contribution in [0.5, 0.6) is 0 Å². The number of hydrogen-bond acceptors (Lipinski definition) is 4. The Bertz CT molecular complexity index is 427. The molecule has 0 heterocycles. The van der Waals surface area contributed by atoms with E-state index in [1.807, 2.05) is 11.0 Å². The van der Waals surface area contributed by atoms with E-state index in [2.05, 4.69) is 19.2 Å². The quantitative estimate of drug-likeness (QED) is 0.309. The minimum absolute atomic E-state index is 0.125. The second kappa shape index (κ2) is 13.6. The topological polar surface area (TPSA) is 93.4 Å². The van der Waals surface area contributed by atoms with Gasteiger partial charge in [0.2, 0.25) is 0 Å². The number of nitrogens with zero attached hydrogens (tertiary/aromatic N) is 2. The lowest BCUT2D eigenvalue weighted by atomic mass is 10.2. The molecule has 1 amide bonds. The summed E-state index contributed by atoms with van der Waals surface area (Å²) in [5.74, 6) is -1.16. The van der Waals surface area contributed by atoms with E-state index in [1.165, 1.54) is 0 Å². The van der Waals surface area contributed by atoms with Crippen molar-refractivity contribution in [2.24, 2.45) is 0 Å². The van der Waals surface area contributed by atoms with Gasteiger partial charge in [0.15, 0.2) is 0 Å². The second-order valence-electron chi connectivity index (χ2n) is 5.50. The number of nitriles is 1. The molecule has 6 nitrogen and oxygen atoms in total. The third-order valence-corrected chi connectivity index (χ3v) is 3.34. The van der Waals surface area contributed by atoms with Crippen molar-refractivity contribution in [1.29, 1.82) is 5.26 Å². The Kier molecular flexibility index (Phi) is 12.4. The van der Waals surface area contributed by atoms with Crippen LogP contribution in [-0.4, -0.2) is 41.5 Å². The maximum atomic E-state index is 12.0. The summed E-state index contributed by atoms with van der Waals surface area (Å²) in [4.78, 5) is 24.4. The standard InChI is InChI=1S/C17H29N3O3/c1-3-5-12-20(11-4-2)14-15(13-18)17(23)19-10-8-6-7-9-16(21)22/h14H,3-12H2,1-2H3,(H,19,23)(H,21,22)/b15-14-. The zero-order valence-electron chi connectivity index (χ0n) is 14.3. The molecule has 0 aliphatic carbocycles. The molecule has 0 bridgehead atoms. The average molecular weight is 323 g/mol. The fourth-order valence-electron chi connectivity index (χ4n) is 2.09. The predicted octanol–water partition coefficient (Wildman–Crippen LogP) is 2.67. The maximum absolute atomic E-state index is 12.0. The number of unbranched alkanes of at least 4 members (excludes halogenated alkanes) is 3. The van der Waals surface area contributed by atoms with Gasteiger partial charge in [-0.05, 0) is 25.7 Å². The van der Waals surface area contributed by atoms with Crippen LogP contribution >= 0.6 is 0 Å². The van der Waals surface area contributed by atoms with Gasteiger partial charge in [0.25, 0.3) is 5.91 Å². The van der Waals surface area contributed by atoms with Crippen LogP contribution in [0.3, 0.4) is 0 Å². The maximum Gasteiger partial charge on any atom is 0.303 e. The number of carbonyl (C=O) groups excluding carboxylic acids is 1. The molecule has 0 aliphatic rings. The fraction of sp³-hybridized carbons (Fsp3) is 0.706. The van der Waals surface area contributed by atoms with Crippen LogP contribution in [-0.2, 0) is 9.59 Å². The van der Waals surface area contributed by atoms with Crippen LogP contribution < -0.4 is 5.32 Å². The van der Waals surface area contributed by atoms with E-state index in [9.17, 15) is 9.59 Å². The zero-order chi connectivity index (χ0) is 17.5. The van der Waals surface area contributed by atoms with Crippen molar-refractivity contribution in [2.45, 2.75) is 58.8 Å². The molecular formula is C17H29N3O3. The van der Waals surface area contributed by atoms with Gasteiger partial charge in [0.05, 0.1) is 0 Å². The Morgan fingerprint density at radius 1 is 1.13 bits per heavy atom. The number of hydrogen-bond donors (Lipinski definition) is 2. The summed E-state index contributed by atoms with van der Waals surface area (Å²) >= 11 is 0. The van der Waals surface area contributed by atoms with E-state index in [0.717, 1.165) is 38.8 Å². The first kappa shape index (κ1) is 21.0. The van der Waals surface area contributed by atoms with Gasteiger partial charge in [-0.1, -0.05) is 26.7 Å². The number of nitrogens with one attached hydrogen (secondary N) is 1. The molecule has 23 heavy (non-hydrogen) atoms. The first-order valence-corrected chi connectivity index (χ1v) is 8.41. The fourth-order valence-corrected chi connectivity index (χ4v) is 2.09. The highest BCUT2D eigenvalue weighted by Crippen LogP contribution is 2.03. The number of carboxylic acid groups (broad SMARTS) is 1. The summed E-state index contributed by atoms with van der Waals surface area (Å²) < 4.78 is 0. The Hall–Kier alpha value is -2.03. The molecule has 0 unspecified atom stereocenters. The molecule has 0 aromatic heterocycles. The third kappa shape index (κ3) is 11.2. The lowest BCUT2D eigenvalue weighted by Gasteiger charge is -2.19. The molecule has 0 saturated carbocycles. The smallest absolute Gasteiger partial charge is 0.303 e. The molecule has 0 saturated heterocycles. The molecule has 0 fully saturated rings. The highest BCUT2D eigenvalue weighted by Gasteiger charge is 2.10. The van der Waals surface area contributed by atoms with Crippen LogP contribution in [0.4, 0.5) is 0 Å². The number of rotatable bonds is 13. The summed E-state index contributed by atoms with van der Waals surface area (Å²) in [5.41, 5.74) is 0.125. The van der Waals surface area contributed by atoms with E-state index in [0.29, 0.717) is 19.4 Å². The van der Waals surface area contributed by atoms with Crippen molar-refractivity contribution in [3.8, 4) is 6.07 Å². The van der Waals surface area contributed by atoms with E-state index < -0.39 is 5.97 Å². The van der Waals surface area contributed by atoms with Crippen molar-refractivity contribution < 1.29 is 14.7 Å². The lowest BCUT2D eigenvalue weighted by Crippen LogP contribution is -2.28. The number of amides is 1. The van der Waals surface area contributed by atoms with Crippen LogP contribution in [0, 0.1) is 11.3 Å². The van der Waals surface area contributed by atoms with Gasteiger partial charge in [0, 0.05) is 32.3 Å². The minimum Gasteiger partial charge on any atom is -0.481 e. The van der Waals surface area contributed by atoms with E-state index >= 15 is 0 Å². The van der Waals surface area contributed by atoms with Gasteiger partial charge in [-0.25, -0.2) is 0 Å². The largest absolute Gasteiger partial charge is 0.481 e. The second-order valence-corrected chi connectivity index (χ2v) is 5.50. The molecule has 130 valence electrons. The molecule has 0 rings (SSSR count). The highest BCUT2D eigenvalue weighted by molar-refractivity contribution is 5.97. The average Bonchev–Trinajstić information content (AvgIpc) is 2.52. The summed E-state index contributed by atoms with van der Waals surface area (Å²) in [5, 5.41) is 20.4. The number of carboxylic acids is 1. The van der Waals surface area contributed by atoms with Crippen molar-refractivity contribution in [2.75, 3.05) is 19.6 Å². The molecule has 0 atom stereocenters. The molecule has 0 aromatic carbocycles. The van der Waals surface area contributed by atoms with Gasteiger partial charge in [-0.2, -0.15) is 5.26 Å². The minimum atomic E-state index is -0.799. The molecule has 2 N–H and O–H groups in total. The van der Waals surface area contributed by atoms with Crippen molar-refractivity contribution in [1.82, 2.24) is 10.2 Å². The Morgan fingerprint density at radius 2 is 1.87 bits per heavy atom.